The van der Waals surface area contributed by atoms with Crippen LogP contribution in [0.15, 0.2) is 18.2 Å². The third-order valence-electron chi connectivity index (χ3n) is 4.05. The second-order valence-electron chi connectivity index (χ2n) is 5.65. The molecule has 2 N–H and O–H groups in total. The van der Waals surface area contributed by atoms with Gasteiger partial charge in [0.2, 0.25) is 0 Å². The summed E-state index contributed by atoms with van der Waals surface area (Å²) in [7, 11) is 0. The summed E-state index contributed by atoms with van der Waals surface area (Å²) in [6, 6.07) is 3.77. The monoisotopic (exact) mass is 315 g/mol. The van der Waals surface area contributed by atoms with Gasteiger partial charge in [-0.1, -0.05) is 0 Å². The highest BCUT2D eigenvalue weighted by Crippen LogP contribution is 2.37. The van der Waals surface area contributed by atoms with Gasteiger partial charge in [0.05, 0.1) is 11.3 Å². The van der Waals surface area contributed by atoms with Gasteiger partial charge >= 0.3 is 6.18 Å². The Morgan fingerprint density at radius 3 is 2.50 bits per heavy atom. The quantitative estimate of drug-likeness (QED) is 0.893. The van der Waals surface area contributed by atoms with Gasteiger partial charge in [-0.25, -0.2) is 0 Å². The van der Waals surface area contributed by atoms with Crippen molar-refractivity contribution in [2.45, 2.75) is 18.7 Å². The molecule has 2 aliphatic heterocycles. The maximum absolute atomic E-state index is 13.0. The smallest absolute Gasteiger partial charge is 0.416 e. The summed E-state index contributed by atoms with van der Waals surface area (Å²) in [5, 5.41) is 6.41. The van der Waals surface area contributed by atoms with Crippen LogP contribution in [0.1, 0.15) is 12.0 Å². The third kappa shape index (κ3) is 3.47. The van der Waals surface area contributed by atoms with Crippen LogP contribution in [0.4, 0.5) is 18.9 Å². The van der Waals surface area contributed by atoms with Crippen molar-refractivity contribution in [1.82, 2.24) is 10.6 Å². The van der Waals surface area contributed by atoms with Crippen LogP contribution >= 0.6 is 0 Å². The Kier molecular flexibility index (Phi) is 4.44. The number of hydrogen-bond acceptors (Lipinski definition) is 4. The first-order valence-corrected chi connectivity index (χ1v) is 7.58. The Hall–Kier alpha value is -1.47. The van der Waals surface area contributed by atoms with Crippen molar-refractivity contribution < 1.29 is 17.9 Å². The van der Waals surface area contributed by atoms with E-state index in [1.807, 2.05) is 4.90 Å². The van der Waals surface area contributed by atoms with E-state index in [0.29, 0.717) is 24.5 Å². The normalized spacial score (nSPS) is 22.9. The second-order valence-corrected chi connectivity index (χ2v) is 5.65. The van der Waals surface area contributed by atoms with Crippen LogP contribution in [-0.2, 0) is 6.18 Å². The summed E-state index contributed by atoms with van der Waals surface area (Å²) in [5.74, 6) is 0.545. The number of ether oxygens (including phenoxy) is 1. The van der Waals surface area contributed by atoms with Crippen LogP contribution in [0.5, 0.6) is 5.75 Å². The van der Waals surface area contributed by atoms with Gasteiger partial charge in [0.15, 0.2) is 0 Å². The molecule has 1 aromatic carbocycles. The van der Waals surface area contributed by atoms with E-state index in [9.17, 15) is 13.2 Å². The molecule has 2 aliphatic rings. The Labute approximate surface area is 127 Å². The van der Waals surface area contributed by atoms with Crippen LogP contribution in [0.25, 0.3) is 0 Å². The molecule has 3 rings (SSSR count). The summed E-state index contributed by atoms with van der Waals surface area (Å²) in [6.07, 6.45) is -3.43. The van der Waals surface area contributed by atoms with Crippen molar-refractivity contribution in [2.24, 2.45) is 0 Å². The van der Waals surface area contributed by atoms with E-state index in [2.05, 4.69) is 10.6 Å². The summed E-state index contributed by atoms with van der Waals surface area (Å²) in [4.78, 5) is 1.96. The number of nitrogens with zero attached hydrogens (tertiary/aromatic N) is 1. The SMILES string of the molecule is FC(F)(F)c1ccc(O[C@H]2CCNC2)c(N2CCNCC2)c1. The average Bonchev–Trinajstić information content (AvgIpc) is 3.00. The van der Waals surface area contributed by atoms with Gasteiger partial charge < -0.3 is 20.3 Å². The largest absolute Gasteiger partial charge is 0.487 e. The van der Waals surface area contributed by atoms with Gasteiger partial charge in [-0.3, -0.25) is 0 Å². The molecule has 122 valence electrons. The Bertz CT molecular complexity index is 509. The minimum Gasteiger partial charge on any atom is -0.487 e. The van der Waals surface area contributed by atoms with Crippen LogP contribution in [0.3, 0.4) is 0 Å². The van der Waals surface area contributed by atoms with E-state index in [1.54, 1.807) is 0 Å². The zero-order valence-electron chi connectivity index (χ0n) is 12.2. The fourth-order valence-electron chi connectivity index (χ4n) is 2.85. The van der Waals surface area contributed by atoms with Crippen molar-refractivity contribution >= 4 is 5.69 Å². The molecule has 2 saturated heterocycles. The molecular weight excluding hydrogens is 295 g/mol. The molecule has 0 bridgehead atoms. The first-order chi connectivity index (χ1) is 10.5. The highest BCUT2D eigenvalue weighted by molar-refractivity contribution is 5.61. The second kappa shape index (κ2) is 6.34. The number of anilines is 1. The lowest BCUT2D eigenvalue weighted by Gasteiger charge is -2.32. The van der Waals surface area contributed by atoms with Gasteiger partial charge in [0.1, 0.15) is 11.9 Å². The van der Waals surface area contributed by atoms with E-state index in [1.165, 1.54) is 12.1 Å². The molecule has 2 heterocycles. The maximum Gasteiger partial charge on any atom is 0.416 e. The molecule has 2 fully saturated rings. The summed E-state index contributed by atoms with van der Waals surface area (Å²) >= 11 is 0. The molecule has 0 saturated carbocycles. The standard InChI is InChI=1S/C15H20F3N3O/c16-15(17,18)11-1-2-14(22-12-3-4-20-10-12)13(9-11)21-7-5-19-6-8-21/h1-2,9,12,19-20H,3-8,10H2/t12-/m0/s1. The number of hydrogen-bond donors (Lipinski definition) is 2. The van der Waals surface area contributed by atoms with Gasteiger partial charge in [-0.2, -0.15) is 13.2 Å². The molecule has 22 heavy (non-hydrogen) atoms. The van der Waals surface area contributed by atoms with E-state index in [-0.39, 0.29) is 6.10 Å². The van der Waals surface area contributed by atoms with E-state index in [0.717, 1.165) is 38.7 Å². The number of nitrogens with one attached hydrogen (secondary N) is 2. The molecular formula is C15H20F3N3O. The van der Waals surface area contributed by atoms with E-state index >= 15 is 0 Å². The molecule has 1 atom stereocenters. The Morgan fingerprint density at radius 2 is 1.86 bits per heavy atom. The highest BCUT2D eigenvalue weighted by atomic mass is 19.4. The highest BCUT2D eigenvalue weighted by Gasteiger charge is 2.32. The molecule has 4 nitrogen and oxygen atoms in total. The van der Waals surface area contributed by atoms with Gasteiger partial charge in [0.25, 0.3) is 0 Å². The van der Waals surface area contributed by atoms with Crippen molar-refractivity contribution in [2.75, 3.05) is 44.2 Å². The lowest BCUT2D eigenvalue weighted by molar-refractivity contribution is -0.137. The van der Waals surface area contributed by atoms with Crippen LogP contribution in [0, 0.1) is 0 Å². The van der Waals surface area contributed by atoms with Gasteiger partial charge in [-0.05, 0) is 31.2 Å². The molecule has 0 aromatic heterocycles. The number of piperazine rings is 1. The van der Waals surface area contributed by atoms with Gasteiger partial charge in [0, 0.05) is 32.7 Å². The maximum atomic E-state index is 13.0. The molecule has 7 heteroatoms. The lowest BCUT2D eigenvalue weighted by atomic mass is 10.1. The summed E-state index contributed by atoms with van der Waals surface area (Å²) in [6.45, 7) is 4.51. The van der Waals surface area contributed by atoms with E-state index in [4.69, 9.17) is 4.74 Å². The summed E-state index contributed by atoms with van der Waals surface area (Å²) < 4.78 is 44.9. The van der Waals surface area contributed by atoms with Crippen molar-refractivity contribution in [3.63, 3.8) is 0 Å². The predicted octanol–water partition coefficient (Wildman–Crippen LogP) is 1.86. The van der Waals surface area contributed by atoms with E-state index < -0.39 is 11.7 Å². The first-order valence-electron chi connectivity index (χ1n) is 7.58. The number of benzene rings is 1. The topological polar surface area (TPSA) is 36.5 Å². The zero-order valence-corrected chi connectivity index (χ0v) is 12.2. The fourth-order valence-corrected chi connectivity index (χ4v) is 2.85. The average molecular weight is 315 g/mol. The number of rotatable bonds is 3. The number of alkyl halides is 3. The zero-order chi connectivity index (χ0) is 15.6. The van der Waals surface area contributed by atoms with Crippen molar-refractivity contribution in [3.8, 4) is 5.75 Å². The molecule has 0 aliphatic carbocycles. The Balaban J connectivity index is 1.89. The minimum atomic E-state index is -4.34. The lowest BCUT2D eigenvalue weighted by Crippen LogP contribution is -2.43. The van der Waals surface area contributed by atoms with Gasteiger partial charge in [-0.15, -0.1) is 0 Å². The molecule has 0 unspecified atom stereocenters. The summed E-state index contributed by atoms with van der Waals surface area (Å²) in [5.41, 5.74) is -0.0823. The number of halogens is 3. The van der Waals surface area contributed by atoms with Crippen LogP contribution < -0.4 is 20.3 Å². The van der Waals surface area contributed by atoms with Crippen molar-refractivity contribution in [1.29, 1.82) is 0 Å². The first kappa shape index (κ1) is 15.4. The minimum absolute atomic E-state index is 0.0263. The molecule has 0 spiro atoms. The third-order valence-corrected chi connectivity index (χ3v) is 4.05. The fraction of sp³-hybridized carbons (Fsp3) is 0.600. The van der Waals surface area contributed by atoms with Crippen LogP contribution in [-0.4, -0.2) is 45.4 Å². The van der Waals surface area contributed by atoms with Crippen LogP contribution in [0.2, 0.25) is 0 Å². The molecule has 0 amide bonds. The molecule has 0 radical (unpaired) electrons. The molecule has 1 aromatic rings. The predicted molar refractivity (Wildman–Crippen MR) is 78.4 cm³/mol. The van der Waals surface area contributed by atoms with Crippen molar-refractivity contribution in [3.05, 3.63) is 23.8 Å². The Morgan fingerprint density at radius 1 is 1.09 bits per heavy atom.